The summed E-state index contributed by atoms with van der Waals surface area (Å²) in [6, 6.07) is 4.91. The van der Waals surface area contributed by atoms with Crippen molar-refractivity contribution >= 4 is 11.7 Å². The number of benzene rings is 1. The van der Waals surface area contributed by atoms with Gasteiger partial charge in [-0.1, -0.05) is 0 Å². The molecule has 80 valence electrons. The second-order valence-corrected chi connectivity index (χ2v) is 3.56. The zero-order valence-corrected chi connectivity index (χ0v) is 8.53. The Morgan fingerprint density at radius 1 is 1.47 bits per heavy atom. The van der Waals surface area contributed by atoms with E-state index in [1.165, 1.54) is 7.11 Å². The first-order chi connectivity index (χ1) is 7.20. The van der Waals surface area contributed by atoms with Crippen molar-refractivity contribution in [2.24, 2.45) is 0 Å². The summed E-state index contributed by atoms with van der Waals surface area (Å²) in [6.45, 7) is 0. The van der Waals surface area contributed by atoms with E-state index in [0.717, 1.165) is 12.8 Å². The van der Waals surface area contributed by atoms with E-state index < -0.39 is 0 Å². The lowest BCUT2D eigenvalue weighted by Crippen LogP contribution is -2.05. The maximum atomic E-state index is 11.3. The Morgan fingerprint density at radius 3 is 2.80 bits per heavy atom. The Balaban J connectivity index is 2.22. The van der Waals surface area contributed by atoms with Crippen molar-refractivity contribution in [1.29, 1.82) is 0 Å². The Bertz CT molecular complexity index is 385. The van der Waals surface area contributed by atoms with Gasteiger partial charge in [-0.05, 0) is 31.0 Å². The van der Waals surface area contributed by atoms with Crippen LogP contribution in [0.4, 0.5) is 5.69 Å². The summed E-state index contributed by atoms with van der Waals surface area (Å²) in [5, 5.41) is 0. The van der Waals surface area contributed by atoms with Gasteiger partial charge in [0.2, 0.25) is 0 Å². The fourth-order valence-electron chi connectivity index (χ4n) is 1.25. The maximum absolute atomic E-state index is 11.3. The summed E-state index contributed by atoms with van der Waals surface area (Å²) < 4.78 is 10.2. The average Bonchev–Trinajstić information content (AvgIpc) is 3.04. The largest absolute Gasteiger partial charge is 0.488 e. The van der Waals surface area contributed by atoms with E-state index in [1.807, 2.05) is 0 Å². The smallest absolute Gasteiger partial charge is 0.337 e. The SMILES string of the molecule is COC(=O)c1ccc(N)c(OC2CC2)c1. The van der Waals surface area contributed by atoms with Gasteiger partial charge in [-0.15, -0.1) is 0 Å². The van der Waals surface area contributed by atoms with Gasteiger partial charge in [0.05, 0.1) is 24.5 Å². The number of hydrogen-bond acceptors (Lipinski definition) is 4. The zero-order chi connectivity index (χ0) is 10.8. The molecule has 0 spiro atoms. The van der Waals surface area contributed by atoms with Gasteiger partial charge in [0.1, 0.15) is 5.75 Å². The molecule has 1 aromatic rings. The minimum absolute atomic E-state index is 0.264. The molecule has 1 aromatic carbocycles. The van der Waals surface area contributed by atoms with Crippen LogP contribution in [0.2, 0.25) is 0 Å². The average molecular weight is 207 g/mol. The molecular weight excluding hydrogens is 194 g/mol. The molecule has 0 unspecified atom stereocenters. The lowest BCUT2D eigenvalue weighted by molar-refractivity contribution is 0.0600. The predicted octanol–water partition coefficient (Wildman–Crippen LogP) is 1.60. The van der Waals surface area contributed by atoms with Crippen LogP contribution in [0, 0.1) is 0 Å². The molecule has 2 rings (SSSR count). The van der Waals surface area contributed by atoms with Crippen LogP contribution in [0.25, 0.3) is 0 Å². The Labute approximate surface area is 88.0 Å². The maximum Gasteiger partial charge on any atom is 0.337 e. The normalized spacial score (nSPS) is 14.7. The molecule has 0 bridgehead atoms. The molecule has 1 aliphatic rings. The fraction of sp³-hybridized carbons (Fsp3) is 0.364. The van der Waals surface area contributed by atoms with Gasteiger partial charge in [0.25, 0.3) is 0 Å². The molecule has 1 aliphatic carbocycles. The minimum atomic E-state index is -0.379. The number of ether oxygens (including phenoxy) is 2. The standard InChI is InChI=1S/C11H13NO3/c1-14-11(13)7-2-5-9(12)10(6-7)15-8-3-4-8/h2,5-6,8H,3-4,12H2,1H3. The van der Waals surface area contributed by atoms with E-state index in [1.54, 1.807) is 18.2 Å². The van der Waals surface area contributed by atoms with Crippen molar-refractivity contribution in [3.05, 3.63) is 23.8 Å². The Morgan fingerprint density at radius 2 is 2.20 bits per heavy atom. The first kappa shape index (κ1) is 9.83. The van der Waals surface area contributed by atoms with Crippen molar-refractivity contribution in [3.8, 4) is 5.75 Å². The molecule has 0 radical (unpaired) electrons. The lowest BCUT2D eigenvalue weighted by atomic mass is 10.2. The van der Waals surface area contributed by atoms with E-state index in [-0.39, 0.29) is 12.1 Å². The molecule has 0 heterocycles. The van der Waals surface area contributed by atoms with Gasteiger partial charge in [0, 0.05) is 0 Å². The molecule has 1 saturated carbocycles. The van der Waals surface area contributed by atoms with Crippen molar-refractivity contribution in [3.63, 3.8) is 0 Å². The van der Waals surface area contributed by atoms with Crippen LogP contribution >= 0.6 is 0 Å². The molecule has 4 nitrogen and oxygen atoms in total. The van der Waals surface area contributed by atoms with Crippen LogP contribution in [0.1, 0.15) is 23.2 Å². The molecule has 0 aliphatic heterocycles. The number of nitrogens with two attached hydrogens (primary N) is 1. The molecule has 0 aromatic heterocycles. The van der Waals surface area contributed by atoms with Crippen LogP contribution in [0.5, 0.6) is 5.75 Å². The van der Waals surface area contributed by atoms with Gasteiger partial charge in [0.15, 0.2) is 0 Å². The second-order valence-electron chi connectivity index (χ2n) is 3.56. The van der Waals surface area contributed by atoms with Gasteiger partial charge in [-0.3, -0.25) is 0 Å². The monoisotopic (exact) mass is 207 g/mol. The third-order valence-corrected chi connectivity index (χ3v) is 2.25. The number of esters is 1. The number of methoxy groups -OCH3 is 1. The molecule has 0 atom stereocenters. The summed E-state index contributed by atoms with van der Waals surface area (Å²) in [6.07, 6.45) is 2.38. The third-order valence-electron chi connectivity index (χ3n) is 2.25. The summed E-state index contributed by atoms with van der Waals surface area (Å²) in [4.78, 5) is 11.3. The van der Waals surface area contributed by atoms with Gasteiger partial charge >= 0.3 is 5.97 Å². The highest BCUT2D eigenvalue weighted by atomic mass is 16.5. The lowest BCUT2D eigenvalue weighted by Gasteiger charge is -2.08. The number of carbonyl (C=O) groups excluding carboxylic acids is 1. The van der Waals surface area contributed by atoms with E-state index in [2.05, 4.69) is 4.74 Å². The zero-order valence-electron chi connectivity index (χ0n) is 8.53. The second kappa shape index (κ2) is 3.81. The first-order valence-corrected chi connectivity index (χ1v) is 4.85. The molecule has 2 N–H and O–H groups in total. The number of nitrogen functional groups attached to an aromatic ring is 1. The Hall–Kier alpha value is -1.71. The van der Waals surface area contributed by atoms with Crippen molar-refractivity contribution < 1.29 is 14.3 Å². The minimum Gasteiger partial charge on any atom is -0.488 e. The van der Waals surface area contributed by atoms with Gasteiger partial charge < -0.3 is 15.2 Å². The first-order valence-electron chi connectivity index (χ1n) is 4.85. The summed E-state index contributed by atoms with van der Waals surface area (Å²) in [5.41, 5.74) is 6.74. The third kappa shape index (κ3) is 2.21. The number of hydrogen-bond donors (Lipinski definition) is 1. The highest BCUT2D eigenvalue weighted by Crippen LogP contribution is 2.31. The van der Waals surface area contributed by atoms with Crippen LogP contribution in [0.15, 0.2) is 18.2 Å². The molecule has 0 saturated heterocycles. The predicted molar refractivity (Wildman–Crippen MR) is 55.8 cm³/mol. The van der Waals surface area contributed by atoms with Crippen LogP contribution in [-0.4, -0.2) is 19.2 Å². The topological polar surface area (TPSA) is 61.5 Å². The van der Waals surface area contributed by atoms with E-state index in [4.69, 9.17) is 10.5 Å². The number of carbonyl (C=O) groups is 1. The van der Waals surface area contributed by atoms with Gasteiger partial charge in [-0.2, -0.15) is 0 Å². The van der Waals surface area contributed by atoms with Crippen molar-refractivity contribution in [2.45, 2.75) is 18.9 Å². The molecule has 15 heavy (non-hydrogen) atoms. The number of rotatable bonds is 3. The van der Waals surface area contributed by atoms with Crippen LogP contribution < -0.4 is 10.5 Å². The van der Waals surface area contributed by atoms with E-state index >= 15 is 0 Å². The fourth-order valence-corrected chi connectivity index (χ4v) is 1.25. The molecule has 4 heteroatoms. The number of anilines is 1. The van der Waals surface area contributed by atoms with Crippen LogP contribution in [-0.2, 0) is 4.74 Å². The highest BCUT2D eigenvalue weighted by Gasteiger charge is 2.24. The van der Waals surface area contributed by atoms with Crippen molar-refractivity contribution in [1.82, 2.24) is 0 Å². The highest BCUT2D eigenvalue weighted by molar-refractivity contribution is 5.90. The van der Waals surface area contributed by atoms with Gasteiger partial charge in [-0.25, -0.2) is 4.79 Å². The molecule has 1 fully saturated rings. The summed E-state index contributed by atoms with van der Waals surface area (Å²) in [7, 11) is 1.35. The van der Waals surface area contributed by atoms with Crippen LogP contribution in [0.3, 0.4) is 0 Å². The van der Waals surface area contributed by atoms with E-state index in [9.17, 15) is 4.79 Å². The summed E-state index contributed by atoms with van der Waals surface area (Å²) in [5.74, 6) is 0.191. The Kier molecular flexibility index (Phi) is 2.49. The summed E-state index contributed by atoms with van der Waals surface area (Å²) >= 11 is 0. The quantitative estimate of drug-likeness (QED) is 0.604. The van der Waals surface area contributed by atoms with Crippen molar-refractivity contribution in [2.75, 3.05) is 12.8 Å². The molecular formula is C11H13NO3. The van der Waals surface area contributed by atoms with E-state index in [0.29, 0.717) is 17.0 Å². The molecule has 0 amide bonds.